The third-order valence-electron chi connectivity index (χ3n) is 3.48. The fraction of sp³-hybridized carbons (Fsp3) is 0.111. The molecule has 0 spiro atoms. The zero-order valence-electron chi connectivity index (χ0n) is 12.1. The Morgan fingerprint density at radius 1 is 1.09 bits per heavy atom. The molecule has 0 fully saturated rings. The van der Waals surface area contributed by atoms with Crippen LogP contribution in [0.4, 0.5) is 0 Å². The number of carboxylic acids is 1. The van der Waals surface area contributed by atoms with Crippen molar-refractivity contribution in [3.05, 3.63) is 60.2 Å². The Labute approximate surface area is 128 Å². The van der Waals surface area contributed by atoms with Gasteiger partial charge in [0.15, 0.2) is 6.61 Å². The Hall–Kier alpha value is -2.88. The van der Waals surface area contributed by atoms with Crippen molar-refractivity contribution in [2.24, 2.45) is 0 Å². The van der Waals surface area contributed by atoms with Crippen LogP contribution in [-0.2, 0) is 4.79 Å². The van der Waals surface area contributed by atoms with Gasteiger partial charge in [-0.1, -0.05) is 48.5 Å². The quantitative estimate of drug-likeness (QED) is 0.797. The lowest BCUT2D eigenvalue weighted by Crippen LogP contribution is -2.11. The molecule has 1 heterocycles. The molecule has 2 aromatic carbocycles. The lowest BCUT2D eigenvalue weighted by atomic mass is 10.0. The van der Waals surface area contributed by atoms with Gasteiger partial charge >= 0.3 is 5.97 Å². The van der Waals surface area contributed by atoms with Gasteiger partial charge in [0, 0.05) is 16.5 Å². The molecular formula is C18H15NO3. The number of carbonyl (C=O) groups is 1. The number of pyridine rings is 1. The Morgan fingerprint density at radius 2 is 1.77 bits per heavy atom. The number of para-hydroxylation sites is 1. The minimum Gasteiger partial charge on any atom is -0.479 e. The van der Waals surface area contributed by atoms with Crippen molar-refractivity contribution < 1.29 is 14.6 Å². The third kappa shape index (κ3) is 2.63. The maximum absolute atomic E-state index is 10.8. The highest BCUT2D eigenvalue weighted by Gasteiger charge is 2.15. The van der Waals surface area contributed by atoms with Crippen LogP contribution in [-0.4, -0.2) is 22.7 Å². The van der Waals surface area contributed by atoms with E-state index in [0.29, 0.717) is 11.4 Å². The number of aliphatic carboxylic acids is 1. The molecule has 3 rings (SSSR count). The highest BCUT2D eigenvalue weighted by Crippen LogP contribution is 2.35. The van der Waals surface area contributed by atoms with Crippen LogP contribution >= 0.6 is 0 Å². The molecule has 0 aliphatic heterocycles. The van der Waals surface area contributed by atoms with Crippen molar-refractivity contribution in [1.82, 2.24) is 4.98 Å². The lowest BCUT2D eigenvalue weighted by molar-refractivity contribution is -0.139. The normalized spacial score (nSPS) is 10.6. The summed E-state index contributed by atoms with van der Waals surface area (Å²) in [5, 5.41) is 9.86. The summed E-state index contributed by atoms with van der Waals surface area (Å²) in [5.74, 6) is -0.487. The number of rotatable bonds is 4. The molecule has 0 saturated heterocycles. The zero-order valence-corrected chi connectivity index (χ0v) is 12.1. The molecule has 4 heteroatoms. The number of hydrogen-bond donors (Lipinski definition) is 1. The molecule has 0 radical (unpaired) electrons. The average Bonchev–Trinajstić information content (AvgIpc) is 2.54. The van der Waals surface area contributed by atoms with Crippen molar-refractivity contribution >= 4 is 16.9 Å². The summed E-state index contributed by atoms with van der Waals surface area (Å²) < 4.78 is 5.53. The van der Waals surface area contributed by atoms with Crippen LogP contribution in [0.25, 0.3) is 22.2 Å². The first-order chi connectivity index (χ1) is 10.7. The number of carboxylic acid groups (broad SMARTS) is 1. The van der Waals surface area contributed by atoms with Crippen LogP contribution in [0, 0.1) is 6.92 Å². The fourth-order valence-corrected chi connectivity index (χ4v) is 2.46. The van der Waals surface area contributed by atoms with E-state index in [4.69, 9.17) is 9.84 Å². The number of hydrogen-bond acceptors (Lipinski definition) is 3. The zero-order chi connectivity index (χ0) is 15.5. The highest BCUT2D eigenvalue weighted by atomic mass is 16.5. The summed E-state index contributed by atoms with van der Waals surface area (Å²) in [6.45, 7) is 1.54. The predicted molar refractivity (Wildman–Crippen MR) is 85.0 cm³/mol. The maximum Gasteiger partial charge on any atom is 0.341 e. The number of fused-ring (bicyclic) bond motifs is 1. The number of aryl methyl sites for hydroxylation is 1. The van der Waals surface area contributed by atoms with Gasteiger partial charge in [0.2, 0.25) is 0 Å². The van der Waals surface area contributed by atoms with Gasteiger partial charge in [-0.25, -0.2) is 9.78 Å². The van der Waals surface area contributed by atoms with E-state index in [-0.39, 0.29) is 6.61 Å². The maximum atomic E-state index is 10.8. The average molecular weight is 293 g/mol. The predicted octanol–water partition coefficient (Wildman–Crippen LogP) is 3.67. The van der Waals surface area contributed by atoms with E-state index in [9.17, 15) is 4.79 Å². The topological polar surface area (TPSA) is 59.4 Å². The van der Waals surface area contributed by atoms with Gasteiger partial charge in [0.1, 0.15) is 11.4 Å². The highest BCUT2D eigenvalue weighted by molar-refractivity contribution is 5.89. The molecule has 1 aromatic heterocycles. The summed E-state index contributed by atoms with van der Waals surface area (Å²) in [6, 6.07) is 17.4. The molecule has 0 saturated carbocycles. The number of nitrogens with zero attached hydrogens (tertiary/aromatic N) is 1. The summed E-state index contributed by atoms with van der Waals surface area (Å²) in [6.07, 6.45) is 0. The van der Waals surface area contributed by atoms with Crippen molar-refractivity contribution in [3.8, 4) is 17.0 Å². The summed E-state index contributed by atoms with van der Waals surface area (Å²) >= 11 is 0. The molecule has 3 aromatic rings. The van der Waals surface area contributed by atoms with Gasteiger partial charge in [-0.15, -0.1) is 0 Å². The molecular weight excluding hydrogens is 278 g/mol. The van der Waals surface area contributed by atoms with E-state index >= 15 is 0 Å². The van der Waals surface area contributed by atoms with Gasteiger partial charge in [-0.3, -0.25) is 0 Å². The van der Waals surface area contributed by atoms with Crippen LogP contribution in [0.15, 0.2) is 54.6 Å². The van der Waals surface area contributed by atoms with Crippen LogP contribution in [0.5, 0.6) is 5.75 Å². The van der Waals surface area contributed by atoms with Crippen LogP contribution in [0.3, 0.4) is 0 Å². The Balaban J connectivity index is 2.23. The molecule has 22 heavy (non-hydrogen) atoms. The van der Waals surface area contributed by atoms with Crippen molar-refractivity contribution in [2.45, 2.75) is 6.92 Å². The van der Waals surface area contributed by atoms with E-state index < -0.39 is 5.97 Å². The van der Waals surface area contributed by atoms with Crippen LogP contribution in [0.2, 0.25) is 0 Å². The minimum atomic E-state index is -1.01. The van der Waals surface area contributed by atoms with Gasteiger partial charge in [0.05, 0.1) is 5.52 Å². The first-order valence-electron chi connectivity index (χ1n) is 6.96. The molecule has 0 unspecified atom stereocenters. The number of ether oxygens (including phenoxy) is 1. The van der Waals surface area contributed by atoms with E-state index in [1.165, 1.54) is 0 Å². The fourth-order valence-electron chi connectivity index (χ4n) is 2.46. The first-order valence-corrected chi connectivity index (χ1v) is 6.96. The van der Waals surface area contributed by atoms with Gasteiger partial charge in [-0.2, -0.15) is 0 Å². The number of aromatic nitrogens is 1. The second-order valence-corrected chi connectivity index (χ2v) is 4.98. The molecule has 4 nitrogen and oxygen atoms in total. The number of benzene rings is 2. The van der Waals surface area contributed by atoms with Crippen LogP contribution < -0.4 is 4.74 Å². The Morgan fingerprint density at radius 3 is 2.50 bits per heavy atom. The summed E-state index contributed by atoms with van der Waals surface area (Å²) in [5.41, 5.74) is 3.32. The molecule has 0 aliphatic rings. The van der Waals surface area contributed by atoms with E-state index in [1.807, 2.05) is 61.5 Å². The molecule has 0 aliphatic carbocycles. The van der Waals surface area contributed by atoms with E-state index in [1.54, 1.807) is 0 Å². The van der Waals surface area contributed by atoms with Gasteiger partial charge in [-0.05, 0) is 13.0 Å². The molecule has 110 valence electrons. The summed E-state index contributed by atoms with van der Waals surface area (Å²) in [7, 11) is 0. The monoisotopic (exact) mass is 293 g/mol. The molecule has 0 atom stereocenters. The lowest BCUT2D eigenvalue weighted by Gasteiger charge is -2.15. The third-order valence-corrected chi connectivity index (χ3v) is 3.48. The van der Waals surface area contributed by atoms with E-state index in [2.05, 4.69) is 4.98 Å². The van der Waals surface area contributed by atoms with Crippen molar-refractivity contribution in [1.29, 1.82) is 0 Å². The van der Waals surface area contributed by atoms with Crippen molar-refractivity contribution in [2.75, 3.05) is 6.61 Å². The minimum absolute atomic E-state index is 0.388. The second kappa shape index (κ2) is 5.85. The largest absolute Gasteiger partial charge is 0.479 e. The smallest absolute Gasteiger partial charge is 0.341 e. The van der Waals surface area contributed by atoms with Crippen molar-refractivity contribution in [3.63, 3.8) is 0 Å². The standard InChI is InChI=1S/C18H15NO3/c1-12-14-9-5-6-10-15(14)19-17(13-7-3-2-4-8-13)18(12)22-11-16(20)21/h2-10H,11H2,1H3,(H,20,21). The second-order valence-electron chi connectivity index (χ2n) is 4.98. The Kier molecular flexibility index (Phi) is 3.74. The van der Waals surface area contributed by atoms with Gasteiger partial charge < -0.3 is 9.84 Å². The van der Waals surface area contributed by atoms with Crippen LogP contribution in [0.1, 0.15) is 5.56 Å². The SMILES string of the molecule is Cc1c(OCC(=O)O)c(-c2ccccc2)nc2ccccc12. The molecule has 1 N–H and O–H groups in total. The molecule has 0 bridgehead atoms. The van der Waals surface area contributed by atoms with E-state index in [0.717, 1.165) is 22.0 Å². The van der Waals surface area contributed by atoms with Gasteiger partial charge in [0.25, 0.3) is 0 Å². The first kappa shape index (κ1) is 14.1. The summed E-state index contributed by atoms with van der Waals surface area (Å²) in [4.78, 5) is 15.5. The molecule has 0 amide bonds. The Bertz CT molecular complexity index is 828.